The number of hydrogen-bond acceptors (Lipinski definition) is 2. The molecule has 0 atom stereocenters. The highest BCUT2D eigenvalue weighted by Crippen LogP contribution is 2.20. The molecule has 1 aromatic rings. The lowest BCUT2D eigenvalue weighted by Crippen LogP contribution is -2.27. The molecule has 2 rings (SSSR count). The first-order chi connectivity index (χ1) is 9.76. The van der Waals surface area contributed by atoms with Crippen LogP contribution in [-0.2, 0) is 13.0 Å². The van der Waals surface area contributed by atoms with Crippen molar-refractivity contribution in [2.75, 3.05) is 13.6 Å². The number of allylic oxidation sites excluding steroid dienone is 2. The minimum atomic E-state index is 0.990. The molecule has 0 bridgehead atoms. The minimum absolute atomic E-state index is 0.990. The second-order valence-electron chi connectivity index (χ2n) is 4.20. The Morgan fingerprint density at radius 1 is 1.05 bits per heavy atom. The highest BCUT2D eigenvalue weighted by molar-refractivity contribution is 5.48. The predicted octanol–water partition coefficient (Wildman–Crippen LogP) is 4.45. The zero-order valence-electron chi connectivity index (χ0n) is 14.3. The Hall–Kier alpha value is -1.35. The van der Waals surface area contributed by atoms with Crippen LogP contribution in [0.5, 0.6) is 0 Å². The summed E-state index contributed by atoms with van der Waals surface area (Å²) in [5.74, 6) is 1.04. The van der Waals surface area contributed by atoms with Crippen LogP contribution in [-0.4, -0.2) is 28.0 Å². The van der Waals surface area contributed by atoms with Crippen molar-refractivity contribution in [3.05, 3.63) is 29.4 Å². The second-order valence-corrected chi connectivity index (χ2v) is 4.20. The SMILES string of the molecule is C/C=C\c1nc2c(n1/C=C\C)CN(C)CC2.CC.CC. The summed E-state index contributed by atoms with van der Waals surface area (Å²) < 4.78 is 2.20. The molecule has 2 heterocycles. The van der Waals surface area contributed by atoms with Crippen molar-refractivity contribution < 1.29 is 0 Å². The summed E-state index contributed by atoms with van der Waals surface area (Å²) in [6.07, 6.45) is 9.32. The molecule has 0 saturated heterocycles. The van der Waals surface area contributed by atoms with Crippen molar-refractivity contribution in [1.29, 1.82) is 0 Å². The summed E-state index contributed by atoms with van der Waals surface area (Å²) >= 11 is 0. The average molecular weight is 277 g/mol. The Balaban J connectivity index is 0.000000829. The first kappa shape index (κ1) is 18.7. The van der Waals surface area contributed by atoms with Crippen LogP contribution in [0.25, 0.3) is 12.3 Å². The lowest BCUT2D eigenvalue weighted by molar-refractivity contribution is 0.305. The lowest BCUT2D eigenvalue weighted by atomic mass is 10.1. The van der Waals surface area contributed by atoms with Gasteiger partial charge < -0.3 is 9.47 Å². The molecule has 3 nitrogen and oxygen atoms in total. The van der Waals surface area contributed by atoms with Gasteiger partial charge in [0.25, 0.3) is 0 Å². The van der Waals surface area contributed by atoms with Gasteiger partial charge in [0.1, 0.15) is 5.82 Å². The largest absolute Gasteiger partial charge is 0.303 e. The van der Waals surface area contributed by atoms with Crippen molar-refractivity contribution in [3.8, 4) is 0 Å². The highest BCUT2D eigenvalue weighted by Gasteiger charge is 2.20. The number of hydrogen-bond donors (Lipinski definition) is 0. The van der Waals surface area contributed by atoms with Gasteiger partial charge in [0, 0.05) is 25.7 Å². The van der Waals surface area contributed by atoms with Crippen LogP contribution in [0.2, 0.25) is 0 Å². The van der Waals surface area contributed by atoms with E-state index in [9.17, 15) is 0 Å². The number of nitrogens with zero attached hydrogens (tertiary/aromatic N) is 3. The van der Waals surface area contributed by atoms with Crippen molar-refractivity contribution in [2.24, 2.45) is 0 Å². The molecule has 0 spiro atoms. The number of fused-ring (bicyclic) bond motifs is 1. The zero-order valence-corrected chi connectivity index (χ0v) is 14.3. The number of rotatable bonds is 2. The summed E-state index contributed by atoms with van der Waals surface area (Å²) in [4.78, 5) is 7.03. The van der Waals surface area contributed by atoms with E-state index >= 15 is 0 Å². The van der Waals surface area contributed by atoms with Crippen LogP contribution in [0, 0.1) is 0 Å². The summed E-state index contributed by atoms with van der Waals surface area (Å²) in [6.45, 7) is 14.2. The fourth-order valence-electron chi connectivity index (χ4n) is 2.12. The van der Waals surface area contributed by atoms with E-state index in [0.29, 0.717) is 0 Å². The van der Waals surface area contributed by atoms with Crippen LogP contribution < -0.4 is 0 Å². The average Bonchev–Trinajstić information content (AvgIpc) is 2.82. The standard InChI is InChI=1S/C13H19N3.2C2H6/c1-4-6-13-14-11-7-9-15(3)10-12(11)16(13)8-5-2;2*1-2/h4-6,8H,7,9-10H2,1-3H3;2*1-2H3/b6-4-,8-5-;;. The number of aromatic nitrogens is 2. The maximum absolute atomic E-state index is 4.69. The first-order valence-electron chi connectivity index (χ1n) is 7.80. The fraction of sp³-hybridized carbons (Fsp3) is 0.588. The van der Waals surface area contributed by atoms with Gasteiger partial charge in [-0.05, 0) is 27.0 Å². The molecular weight excluding hydrogens is 246 g/mol. The van der Waals surface area contributed by atoms with Gasteiger partial charge in [-0.25, -0.2) is 4.98 Å². The molecule has 1 aromatic heterocycles. The molecular formula is C17H31N3. The van der Waals surface area contributed by atoms with Gasteiger partial charge in [-0.3, -0.25) is 0 Å². The smallest absolute Gasteiger partial charge is 0.136 e. The van der Waals surface area contributed by atoms with Crippen molar-refractivity contribution >= 4 is 12.3 Å². The quantitative estimate of drug-likeness (QED) is 0.796. The topological polar surface area (TPSA) is 21.1 Å². The minimum Gasteiger partial charge on any atom is -0.303 e. The summed E-state index contributed by atoms with van der Waals surface area (Å²) in [7, 11) is 2.16. The number of imidazole rings is 1. The molecule has 0 aliphatic carbocycles. The van der Waals surface area contributed by atoms with Gasteiger partial charge in [0.15, 0.2) is 0 Å². The summed E-state index contributed by atoms with van der Waals surface area (Å²) in [5.41, 5.74) is 2.59. The Bertz CT molecular complexity index is 428. The molecule has 20 heavy (non-hydrogen) atoms. The second kappa shape index (κ2) is 10.4. The zero-order chi connectivity index (χ0) is 15.5. The number of likely N-dealkylation sites (N-methyl/N-ethyl adjacent to an activating group) is 1. The first-order valence-corrected chi connectivity index (χ1v) is 7.80. The predicted molar refractivity (Wildman–Crippen MR) is 90.7 cm³/mol. The molecule has 114 valence electrons. The summed E-state index contributed by atoms with van der Waals surface area (Å²) in [6, 6.07) is 0. The van der Waals surface area contributed by atoms with E-state index in [2.05, 4.69) is 34.9 Å². The Morgan fingerprint density at radius 3 is 2.25 bits per heavy atom. The van der Waals surface area contributed by atoms with Crippen molar-refractivity contribution in [3.63, 3.8) is 0 Å². The van der Waals surface area contributed by atoms with E-state index in [1.165, 1.54) is 11.4 Å². The lowest BCUT2D eigenvalue weighted by Gasteiger charge is -2.22. The van der Waals surface area contributed by atoms with Gasteiger partial charge in [-0.1, -0.05) is 39.8 Å². The highest BCUT2D eigenvalue weighted by atomic mass is 15.2. The van der Waals surface area contributed by atoms with E-state index in [1.807, 2.05) is 47.6 Å². The summed E-state index contributed by atoms with van der Waals surface area (Å²) in [5, 5.41) is 0. The molecule has 1 aliphatic heterocycles. The van der Waals surface area contributed by atoms with Gasteiger partial charge in [-0.2, -0.15) is 0 Å². The maximum atomic E-state index is 4.69. The van der Waals surface area contributed by atoms with E-state index in [4.69, 9.17) is 4.98 Å². The Kier molecular flexibility index (Phi) is 9.73. The third-order valence-corrected chi connectivity index (χ3v) is 2.88. The van der Waals surface area contributed by atoms with Gasteiger partial charge in [0.05, 0.1) is 11.4 Å². The fourth-order valence-corrected chi connectivity index (χ4v) is 2.12. The van der Waals surface area contributed by atoms with Crippen LogP contribution in [0.3, 0.4) is 0 Å². The van der Waals surface area contributed by atoms with Crippen molar-refractivity contribution in [2.45, 2.75) is 54.5 Å². The van der Waals surface area contributed by atoms with E-state index in [0.717, 1.165) is 25.3 Å². The van der Waals surface area contributed by atoms with E-state index in [-0.39, 0.29) is 0 Å². The normalized spacial score (nSPS) is 14.6. The van der Waals surface area contributed by atoms with Gasteiger partial charge in [0.2, 0.25) is 0 Å². The maximum Gasteiger partial charge on any atom is 0.136 e. The molecule has 0 N–H and O–H groups in total. The molecule has 0 amide bonds. The van der Waals surface area contributed by atoms with Crippen LogP contribution >= 0.6 is 0 Å². The molecule has 0 aromatic carbocycles. The van der Waals surface area contributed by atoms with Crippen molar-refractivity contribution in [1.82, 2.24) is 14.5 Å². The molecule has 0 fully saturated rings. The Morgan fingerprint density at radius 2 is 1.70 bits per heavy atom. The molecule has 0 unspecified atom stereocenters. The Labute approximate surface area is 125 Å². The molecule has 3 heteroatoms. The van der Waals surface area contributed by atoms with Crippen LogP contribution in [0.15, 0.2) is 12.2 Å². The monoisotopic (exact) mass is 277 g/mol. The molecule has 1 aliphatic rings. The molecule has 0 radical (unpaired) electrons. The van der Waals surface area contributed by atoms with Gasteiger partial charge in [-0.15, -0.1) is 0 Å². The third kappa shape index (κ3) is 4.64. The van der Waals surface area contributed by atoms with Gasteiger partial charge >= 0.3 is 0 Å². The van der Waals surface area contributed by atoms with E-state index < -0.39 is 0 Å². The van der Waals surface area contributed by atoms with Crippen LogP contribution in [0.4, 0.5) is 0 Å². The molecule has 0 saturated carbocycles. The van der Waals surface area contributed by atoms with Crippen LogP contribution in [0.1, 0.15) is 58.8 Å². The van der Waals surface area contributed by atoms with E-state index in [1.54, 1.807) is 0 Å². The third-order valence-electron chi connectivity index (χ3n) is 2.88.